The van der Waals surface area contributed by atoms with E-state index in [1.54, 1.807) is 0 Å². The van der Waals surface area contributed by atoms with Crippen LogP contribution in [-0.2, 0) is 4.74 Å². The summed E-state index contributed by atoms with van der Waals surface area (Å²) >= 11 is 0. The topological polar surface area (TPSA) is 24.5 Å². The summed E-state index contributed by atoms with van der Waals surface area (Å²) in [6.45, 7) is 8.05. The monoisotopic (exact) mass is 240 g/mol. The zero-order valence-corrected chi connectivity index (χ0v) is 11.3. The summed E-state index contributed by atoms with van der Waals surface area (Å²) in [5.41, 5.74) is 0. The van der Waals surface area contributed by atoms with Crippen molar-refractivity contribution in [3.05, 3.63) is 0 Å². The molecule has 2 rings (SSSR count). The second-order valence-electron chi connectivity index (χ2n) is 5.54. The van der Waals surface area contributed by atoms with Gasteiger partial charge in [0.15, 0.2) is 0 Å². The van der Waals surface area contributed by atoms with Gasteiger partial charge in [0, 0.05) is 25.7 Å². The van der Waals surface area contributed by atoms with E-state index in [2.05, 4.69) is 17.1 Å². The molecule has 0 saturated carbocycles. The molecule has 0 bridgehead atoms. The predicted octanol–water partition coefficient (Wildman–Crippen LogP) is 2.02. The van der Waals surface area contributed by atoms with Gasteiger partial charge in [-0.05, 0) is 51.6 Å². The van der Waals surface area contributed by atoms with Crippen LogP contribution in [0.4, 0.5) is 0 Å². The molecule has 0 aromatic carbocycles. The third-order valence-electron chi connectivity index (χ3n) is 3.92. The molecule has 2 saturated heterocycles. The molecule has 0 aromatic heterocycles. The largest absolute Gasteiger partial charge is 0.377 e. The Hall–Kier alpha value is -0.120. The first-order valence-electron chi connectivity index (χ1n) is 7.46. The van der Waals surface area contributed by atoms with Crippen LogP contribution < -0.4 is 5.32 Å². The minimum atomic E-state index is 0.497. The van der Waals surface area contributed by atoms with E-state index in [9.17, 15) is 0 Å². The van der Waals surface area contributed by atoms with Gasteiger partial charge in [-0.2, -0.15) is 0 Å². The molecule has 0 radical (unpaired) electrons. The number of nitrogens with zero attached hydrogens (tertiary/aromatic N) is 1. The summed E-state index contributed by atoms with van der Waals surface area (Å²) in [4.78, 5) is 2.61. The van der Waals surface area contributed by atoms with Gasteiger partial charge in [0.05, 0.1) is 6.10 Å². The van der Waals surface area contributed by atoms with Gasteiger partial charge < -0.3 is 10.1 Å². The smallest absolute Gasteiger partial charge is 0.0702 e. The fourth-order valence-corrected chi connectivity index (χ4v) is 3.04. The maximum absolute atomic E-state index is 5.86. The van der Waals surface area contributed by atoms with Crippen LogP contribution in [0.3, 0.4) is 0 Å². The molecule has 3 heteroatoms. The summed E-state index contributed by atoms with van der Waals surface area (Å²) in [6, 6.07) is 0.727. The number of ether oxygens (including phenoxy) is 1. The van der Waals surface area contributed by atoms with Crippen molar-refractivity contribution in [2.24, 2.45) is 0 Å². The van der Waals surface area contributed by atoms with Gasteiger partial charge in [0.25, 0.3) is 0 Å². The van der Waals surface area contributed by atoms with Crippen molar-refractivity contribution in [3.8, 4) is 0 Å². The third-order valence-corrected chi connectivity index (χ3v) is 3.92. The summed E-state index contributed by atoms with van der Waals surface area (Å²) in [7, 11) is 0. The van der Waals surface area contributed by atoms with E-state index in [0.717, 1.165) is 19.2 Å². The number of rotatable bonds is 6. The quantitative estimate of drug-likeness (QED) is 0.769. The van der Waals surface area contributed by atoms with E-state index < -0.39 is 0 Å². The second-order valence-corrected chi connectivity index (χ2v) is 5.54. The van der Waals surface area contributed by atoms with E-state index in [0.29, 0.717) is 6.10 Å². The second kappa shape index (κ2) is 7.34. The van der Waals surface area contributed by atoms with Crippen molar-refractivity contribution < 1.29 is 4.74 Å². The van der Waals surface area contributed by atoms with Crippen molar-refractivity contribution >= 4 is 0 Å². The lowest BCUT2D eigenvalue weighted by molar-refractivity contribution is -0.00681. The molecule has 2 aliphatic heterocycles. The highest BCUT2D eigenvalue weighted by molar-refractivity contribution is 4.79. The molecule has 3 nitrogen and oxygen atoms in total. The minimum absolute atomic E-state index is 0.497. The van der Waals surface area contributed by atoms with Gasteiger partial charge >= 0.3 is 0 Å². The fraction of sp³-hybridized carbons (Fsp3) is 1.00. The standard InChI is InChI=1S/C14H28N2O/c1-2-9-16(11-13-6-5-8-15-13)12-14-7-3-4-10-17-14/h13-15H,2-12H2,1H3. The Labute approximate surface area is 106 Å². The average molecular weight is 240 g/mol. The Morgan fingerprint density at radius 3 is 2.76 bits per heavy atom. The molecule has 2 fully saturated rings. The van der Waals surface area contributed by atoms with Gasteiger partial charge in [-0.3, -0.25) is 4.90 Å². The third kappa shape index (κ3) is 4.57. The molecule has 0 amide bonds. The highest BCUT2D eigenvalue weighted by atomic mass is 16.5. The van der Waals surface area contributed by atoms with E-state index in [-0.39, 0.29) is 0 Å². The van der Waals surface area contributed by atoms with Gasteiger partial charge in [-0.25, -0.2) is 0 Å². The molecular formula is C14H28N2O. The van der Waals surface area contributed by atoms with Crippen LogP contribution >= 0.6 is 0 Å². The zero-order chi connectivity index (χ0) is 11.9. The van der Waals surface area contributed by atoms with Crippen LogP contribution in [0.2, 0.25) is 0 Å². The van der Waals surface area contributed by atoms with Crippen LogP contribution in [0.25, 0.3) is 0 Å². The van der Waals surface area contributed by atoms with Crippen LogP contribution in [0, 0.1) is 0 Å². The van der Waals surface area contributed by atoms with E-state index >= 15 is 0 Å². The normalized spacial score (nSPS) is 30.0. The van der Waals surface area contributed by atoms with Gasteiger partial charge in [0.2, 0.25) is 0 Å². The molecular weight excluding hydrogens is 212 g/mol. The molecule has 2 unspecified atom stereocenters. The maximum Gasteiger partial charge on any atom is 0.0702 e. The molecule has 2 aliphatic rings. The first kappa shape index (κ1) is 13.3. The molecule has 2 heterocycles. The summed E-state index contributed by atoms with van der Waals surface area (Å²) in [5, 5.41) is 3.60. The minimum Gasteiger partial charge on any atom is -0.377 e. The van der Waals surface area contributed by atoms with Crippen molar-refractivity contribution in [1.29, 1.82) is 0 Å². The molecule has 0 aliphatic carbocycles. The average Bonchev–Trinajstić information content (AvgIpc) is 2.83. The van der Waals surface area contributed by atoms with Gasteiger partial charge in [0.1, 0.15) is 0 Å². The lowest BCUT2D eigenvalue weighted by atomic mass is 10.1. The summed E-state index contributed by atoms with van der Waals surface area (Å²) in [5.74, 6) is 0. The highest BCUT2D eigenvalue weighted by Gasteiger charge is 2.21. The first-order chi connectivity index (χ1) is 8.38. The highest BCUT2D eigenvalue weighted by Crippen LogP contribution is 2.15. The van der Waals surface area contributed by atoms with E-state index in [4.69, 9.17) is 4.74 Å². The van der Waals surface area contributed by atoms with Gasteiger partial charge in [-0.1, -0.05) is 6.92 Å². The van der Waals surface area contributed by atoms with Crippen LogP contribution in [-0.4, -0.2) is 49.8 Å². The van der Waals surface area contributed by atoms with Crippen molar-refractivity contribution in [2.75, 3.05) is 32.8 Å². The zero-order valence-electron chi connectivity index (χ0n) is 11.3. The van der Waals surface area contributed by atoms with Crippen LogP contribution in [0.1, 0.15) is 45.4 Å². The molecule has 0 aromatic rings. The number of nitrogens with one attached hydrogen (secondary N) is 1. The number of hydrogen-bond donors (Lipinski definition) is 1. The molecule has 17 heavy (non-hydrogen) atoms. The SMILES string of the molecule is CCCN(CC1CCCN1)CC1CCCCO1. The Morgan fingerprint density at radius 2 is 2.12 bits per heavy atom. The van der Waals surface area contributed by atoms with Crippen LogP contribution in [0.5, 0.6) is 0 Å². The fourth-order valence-electron chi connectivity index (χ4n) is 3.04. The first-order valence-corrected chi connectivity index (χ1v) is 7.46. The molecule has 1 N–H and O–H groups in total. The molecule has 0 spiro atoms. The lowest BCUT2D eigenvalue weighted by Gasteiger charge is -2.31. The van der Waals surface area contributed by atoms with Crippen LogP contribution in [0.15, 0.2) is 0 Å². The number of hydrogen-bond acceptors (Lipinski definition) is 3. The Bertz CT molecular complexity index is 198. The van der Waals surface area contributed by atoms with E-state index in [1.165, 1.54) is 58.2 Å². The Balaban J connectivity index is 1.74. The van der Waals surface area contributed by atoms with Gasteiger partial charge in [-0.15, -0.1) is 0 Å². The van der Waals surface area contributed by atoms with E-state index in [1.807, 2.05) is 0 Å². The molecule has 2 atom stereocenters. The summed E-state index contributed by atoms with van der Waals surface area (Å²) in [6.07, 6.45) is 8.33. The maximum atomic E-state index is 5.86. The van der Waals surface area contributed by atoms with Crippen molar-refractivity contribution in [3.63, 3.8) is 0 Å². The molecule has 100 valence electrons. The van der Waals surface area contributed by atoms with Crippen molar-refractivity contribution in [2.45, 2.75) is 57.6 Å². The Kier molecular flexibility index (Phi) is 5.75. The summed E-state index contributed by atoms with van der Waals surface area (Å²) < 4.78 is 5.86. The van der Waals surface area contributed by atoms with Crippen molar-refractivity contribution in [1.82, 2.24) is 10.2 Å². The Morgan fingerprint density at radius 1 is 1.18 bits per heavy atom. The predicted molar refractivity (Wildman–Crippen MR) is 71.3 cm³/mol. The lowest BCUT2D eigenvalue weighted by Crippen LogP contribution is -2.42.